The Morgan fingerprint density at radius 3 is 2.16 bits per heavy atom. The number of hydrogen-bond acceptors (Lipinski definition) is 4. The van der Waals surface area contributed by atoms with Crippen LogP contribution in [0.3, 0.4) is 0 Å². The molecule has 5 fully saturated rings. The first-order chi connectivity index (χ1) is 18.2. The molecule has 0 aromatic heterocycles. The predicted molar refractivity (Wildman–Crippen MR) is 144 cm³/mol. The number of imide groups is 1. The lowest BCUT2D eigenvalue weighted by Crippen LogP contribution is -2.57. The van der Waals surface area contributed by atoms with Gasteiger partial charge in [0.25, 0.3) is 5.91 Å². The van der Waals surface area contributed by atoms with E-state index in [-0.39, 0.29) is 30.7 Å². The average Bonchev–Trinajstić information content (AvgIpc) is 3.16. The summed E-state index contributed by atoms with van der Waals surface area (Å²) in [4.78, 5) is 55.8. The summed E-state index contributed by atoms with van der Waals surface area (Å²) in [5.41, 5.74) is 1.32. The van der Waals surface area contributed by atoms with Gasteiger partial charge in [0.05, 0.1) is 17.5 Å². The molecule has 1 atom stereocenters. The van der Waals surface area contributed by atoms with Crippen LogP contribution in [0.5, 0.6) is 0 Å². The van der Waals surface area contributed by atoms with Crippen LogP contribution in [0.15, 0.2) is 48.5 Å². The molecule has 4 amide bonds. The number of nitrogens with one attached hydrogen (secondary N) is 1. The third-order valence-corrected chi connectivity index (χ3v) is 9.36. The minimum atomic E-state index is -0.880. The maximum atomic E-state index is 14.5. The van der Waals surface area contributed by atoms with Gasteiger partial charge in [-0.2, -0.15) is 0 Å². The predicted octanol–water partition coefficient (Wildman–Crippen LogP) is 5.18. The van der Waals surface area contributed by atoms with Gasteiger partial charge in [-0.25, -0.2) is 4.90 Å². The van der Waals surface area contributed by atoms with Gasteiger partial charge in [0.1, 0.15) is 6.04 Å². The molecule has 1 unspecified atom stereocenters. The summed E-state index contributed by atoms with van der Waals surface area (Å²) >= 11 is 6.51. The van der Waals surface area contributed by atoms with E-state index in [9.17, 15) is 19.2 Å². The maximum Gasteiger partial charge on any atom is 0.257 e. The Bertz CT molecular complexity index is 1270. The van der Waals surface area contributed by atoms with Crippen LogP contribution in [0, 0.1) is 23.2 Å². The summed E-state index contributed by atoms with van der Waals surface area (Å²) in [6, 6.07) is 13.1. The van der Waals surface area contributed by atoms with Crippen molar-refractivity contribution in [2.75, 3.05) is 10.2 Å². The monoisotopic (exact) mass is 533 g/mol. The van der Waals surface area contributed by atoms with Crippen LogP contribution in [-0.2, 0) is 25.7 Å². The molecule has 4 saturated carbocycles. The van der Waals surface area contributed by atoms with E-state index in [1.807, 2.05) is 18.2 Å². The van der Waals surface area contributed by atoms with Crippen molar-refractivity contribution in [3.63, 3.8) is 0 Å². The Labute approximate surface area is 227 Å². The van der Waals surface area contributed by atoms with Crippen molar-refractivity contribution in [3.8, 4) is 0 Å². The number of benzene rings is 2. The minimum absolute atomic E-state index is 0.00512. The SMILES string of the molecule is CC(=O)Nc1ccc(N2C(=O)CC(N(Cc3ccccc3Cl)C(=O)C34CC5CC(CC(C5)C3)C4)C2=O)cc1. The number of hydrogen-bond donors (Lipinski definition) is 1. The second kappa shape index (κ2) is 9.53. The molecule has 4 bridgehead atoms. The highest BCUT2D eigenvalue weighted by Gasteiger charge is 2.57. The van der Waals surface area contributed by atoms with Crippen molar-refractivity contribution in [2.24, 2.45) is 23.2 Å². The zero-order chi connectivity index (χ0) is 26.6. The highest BCUT2D eigenvalue weighted by Crippen LogP contribution is 2.60. The van der Waals surface area contributed by atoms with E-state index in [1.54, 1.807) is 35.2 Å². The number of rotatable bonds is 6. The summed E-state index contributed by atoms with van der Waals surface area (Å²) in [5, 5.41) is 3.23. The van der Waals surface area contributed by atoms with Gasteiger partial charge in [-0.05, 0) is 92.2 Å². The number of amides is 4. The molecule has 1 heterocycles. The van der Waals surface area contributed by atoms with Gasteiger partial charge >= 0.3 is 0 Å². The van der Waals surface area contributed by atoms with Crippen molar-refractivity contribution in [1.29, 1.82) is 0 Å². The first kappa shape index (κ1) is 25.1. The molecule has 0 radical (unpaired) electrons. The zero-order valence-corrected chi connectivity index (χ0v) is 22.2. The lowest BCUT2D eigenvalue weighted by molar-refractivity contribution is -0.162. The Morgan fingerprint density at radius 1 is 0.974 bits per heavy atom. The van der Waals surface area contributed by atoms with Gasteiger partial charge in [0.15, 0.2) is 0 Å². The molecule has 1 aliphatic heterocycles. The number of anilines is 2. The number of halogens is 1. The first-order valence-corrected chi connectivity index (χ1v) is 13.9. The molecule has 38 heavy (non-hydrogen) atoms. The topological polar surface area (TPSA) is 86.8 Å². The van der Waals surface area contributed by atoms with E-state index in [0.717, 1.165) is 24.8 Å². The molecule has 7 rings (SSSR count). The fraction of sp³-hybridized carbons (Fsp3) is 0.467. The lowest BCUT2D eigenvalue weighted by Gasteiger charge is -2.57. The van der Waals surface area contributed by atoms with Crippen LogP contribution < -0.4 is 10.2 Å². The Morgan fingerprint density at radius 2 is 1.58 bits per heavy atom. The molecule has 7 nitrogen and oxygen atoms in total. The van der Waals surface area contributed by atoms with Gasteiger partial charge in [-0.15, -0.1) is 0 Å². The molecular formula is C30H32ClN3O4. The molecule has 2 aromatic rings. The van der Waals surface area contributed by atoms with Gasteiger partial charge < -0.3 is 10.2 Å². The quantitative estimate of drug-likeness (QED) is 0.519. The largest absolute Gasteiger partial charge is 0.326 e. The summed E-state index contributed by atoms with van der Waals surface area (Å²) < 4.78 is 0. The molecule has 5 aliphatic rings. The molecule has 8 heteroatoms. The molecule has 1 saturated heterocycles. The summed E-state index contributed by atoms with van der Waals surface area (Å²) in [5.74, 6) is 0.794. The highest BCUT2D eigenvalue weighted by atomic mass is 35.5. The van der Waals surface area contributed by atoms with E-state index >= 15 is 0 Å². The molecule has 198 valence electrons. The van der Waals surface area contributed by atoms with E-state index in [1.165, 1.54) is 31.1 Å². The minimum Gasteiger partial charge on any atom is -0.326 e. The Balaban J connectivity index is 1.32. The first-order valence-electron chi connectivity index (χ1n) is 13.5. The third kappa shape index (κ3) is 4.41. The van der Waals surface area contributed by atoms with Gasteiger partial charge in [0, 0.05) is 24.2 Å². The summed E-state index contributed by atoms with van der Waals surface area (Å²) in [6.07, 6.45) is 6.19. The van der Waals surface area contributed by atoms with Gasteiger partial charge in [-0.1, -0.05) is 29.8 Å². The van der Waals surface area contributed by atoms with Gasteiger partial charge in [0.2, 0.25) is 17.7 Å². The van der Waals surface area contributed by atoms with Crippen molar-refractivity contribution in [1.82, 2.24) is 4.90 Å². The molecule has 4 aliphatic carbocycles. The highest BCUT2D eigenvalue weighted by molar-refractivity contribution is 6.31. The van der Waals surface area contributed by atoms with Crippen molar-refractivity contribution >= 4 is 46.6 Å². The standard InChI is InChI=1S/C30H32ClN3O4/c1-18(35)32-23-6-8-24(9-7-23)34-27(36)13-26(28(34)37)33(17-22-4-2-3-5-25(22)31)29(38)30-14-19-10-20(15-30)12-21(11-19)16-30/h2-9,19-21,26H,10-17H2,1H3,(H,32,35). The molecular weight excluding hydrogens is 502 g/mol. The number of carbonyl (C=O) groups excluding carboxylic acids is 4. The fourth-order valence-electron chi connectivity index (χ4n) is 7.84. The van der Waals surface area contributed by atoms with Crippen molar-refractivity contribution in [2.45, 2.75) is 64.5 Å². The number of carbonyl (C=O) groups is 4. The van der Waals surface area contributed by atoms with Crippen molar-refractivity contribution in [3.05, 3.63) is 59.1 Å². The van der Waals surface area contributed by atoms with E-state index in [2.05, 4.69) is 5.32 Å². The van der Waals surface area contributed by atoms with Crippen LogP contribution in [-0.4, -0.2) is 34.6 Å². The Kier molecular flexibility index (Phi) is 6.29. The summed E-state index contributed by atoms with van der Waals surface area (Å²) in [7, 11) is 0. The van der Waals surface area contributed by atoms with E-state index in [0.29, 0.717) is 34.2 Å². The van der Waals surface area contributed by atoms with Crippen LogP contribution in [0.2, 0.25) is 5.02 Å². The average molecular weight is 534 g/mol. The molecule has 0 spiro atoms. The number of nitrogens with zero attached hydrogens (tertiary/aromatic N) is 2. The molecule has 1 N–H and O–H groups in total. The van der Waals surface area contributed by atoms with Crippen LogP contribution in [0.25, 0.3) is 0 Å². The van der Waals surface area contributed by atoms with Gasteiger partial charge in [-0.3, -0.25) is 19.2 Å². The summed E-state index contributed by atoms with van der Waals surface area (Å²) in [6.45, 7) is 1.61. The van der Waals surface area contributed by atoms with Crippen LogP contribution in [0.1, 0.15) is 57.4 Å². The van der Waals surface area contributed by atoms with E-state index < -0.39 is 17.4 Å². The van der Waals surface area contributed by atoms with E-state index in [4.69, 9.17) is 11.6 Å². The molecule has 2 aromatic carbocycles. The van der Waals surface area contributed by atoms with Crippen molar-refractivity contribution < 1.29 is 19.2 Å². The third-order valence-electron chi connectivity index (χ3n) is 9.00. The van der Waals surface area contributed by atoms with Crippen LogP contribution in [0.4, 0.5) is 11.4 Å². The van der Waals surface area contributed by atoms with Crippen LogP contribution >= 0.6 is 11.6 Å². The fourth-order valence-corrected chi connectivity index (χ4v) is 8.03. The second-order valence-electron chi connectivity index (χ2n) is 11.7. The second-order valence-corrected chi connectivity index (χ2v) is 12.1. The normalized spacial score (nSPS) is 29.6. The smallest absolute Gasteiger partial charge is 0.257 e. The lowest BCUT2D eigenvalue weighted by atomic mass is 9.49. The maximum absolute atomic E-state index is 14.5. The zero-order valence-electron chi connectivity index (χ0n) is 21.5. The Hall–Kier alpha value is -3.19.